The molecule has 3 N–H and O–H groups in total. The lowest BCUT2D eigenvalue weighted by molar-refractivity contribution is 0.782. The monoisotopic (exact) mass is 267 g/mol. The summed E-state index contributed by atoms with van der Waals surface area (Å²) in [5.74, 6) is 0.474. The van der Waals surface area contributed by atoms with E-state index < -0.39 is 0 Å². The largest absolute Gasteiger partial charge is 0.383 e. The third kappa shape index (κ3) is 1.87. The van der Waals surface area contributed by atoms with Gasteiger partial charge in [0.1, 0.15) is 11.5 Å². The van der Waals surface area contributed by atoms with E-state index in [4.69, 9.17) is 5.73 Å². The van der Waals surface area contributed by atoms with Crippen molar-refractivity contribution in [2.45, 2.75) is 0 Å². The number of hydrogen-bond acceptors (Lipinski definition) is 4. The summed E-state index contributed by atoms with van der Waals surface area (Å²) in [6.07, 6.45) is 4.88. The van der Waals surface area contributed by atoms with Crippen LogP contribution in [0.3, 0.4) is 0 Å². The van der Waals surface area contributed by atoms with Crippen molar-refractivity contribution in [2.75, 3.05) is 5.73 Å². The second kappa shape index (κ2) is 4.65. The molecule has 20 heavy (non-hydrogen) atoms. The van der Waals surface area contributed by atoms with Crippen LogP contribution in [0.25, 0.3) is 22.5 Å². The van der Waals surface area contributed by atoms with E-state index in [0.717, 1.165) is 0 Å². The summed E-state index contributed by atoms with van der Waals surface area (Å²) in [6.45, 7) is 0. The Morgan fingerprint density at radius 1 is 1.30 bits per heavy atom. The van der Waals surface area contributed by atoms with E-state index in [1.54, 1.807) is 30.3 Å². The van der Waals surface area contributed by atoms with E-state index in [9.17, 15) is 4.79 Å². The van der Waals surface area contributed by atoms with Gasteiger partial charge in [-0.05, 0) is 12.1 Å². The lowest BCUT2D eigenvalue weighted by atomic mass is 10.1. The summed E-state index contributed by atoms with van der Waals surface area (Å²) in [5, 5.41) is 4.35. The number of hydrogen-bond donors (Lipinski definition) is 2. The van der Waals surface area contributed by atoms with Gasteiger partial charge >= 0.3 is 0 Å². The Labute approximate surface area is 114 Å². The molecular weight excluding hydrogens is 254 g/mol. The molecule has 0 aliphatic heterocycles. The third-order valence-corrected chi connectivity index (χ3v) is 3.09. The molecule has 0 aliphatic carbocycles. The zero-order valence-electron chi connectivity index (χ0n) is 10.9. The number of nitrogens with zero attached hydrogens (tertiary/aromatic N) is 3. The summed E-state index contributed by atoms with van der Waals surface area (Å²) >= 11 is 0. The Balaban J connectivity index is 2.31. The summed E-state index contributed by atoms with van der Waals surface area (Å²) in [5.41, 5.74) is 8.33. The number of aromatic nitrogens is 4. The first-order valence-electron chi connectivity index (χ1n) is 6.10. The van der Waals surface area contributed by atoms with Gasteiger partial charge in [-0.1, -0.05) is 6.07 Å². The fourth-order valence-corrected chi connectivity index (χ4v) is 2.09. The van der Waals surface area contributed by atoms with Crippen molar-refractivity contribution in [1.82, 2.24) is 19.7 Å². The first-order chi connectivity index (χ1) is 9.68. The quantitative estimate of drug-likeness (QED) is 0.734. The second-order valence-corrected chi connectivity index (χ2v) is 4.37. The maximum absolute atomic E-state index is 12.0. The molecule has 0 spiro atoms. The van der Waals surface area contributed by atoms with Crippen LogP contribution in [-0.2, 0) is 7.05 Å². The van der Waals surface area contributed by atoms with Crippen LogP contribution in [0.4, 0.5) is 5.82 Å². The van der Waals surface area contributed by atoms with Gasteiger partial charge in [-0.15, -0.1) is 0 Å². The van der Waals surface area contributed by atoms with Crippen LogP contribution in [0.1, 0.15) is 0 Å². The van der Waals surface area contributed by atoms with Gasteiger partial charge in [0.2, 0.25) is 0 Å². The minimum atomic E-state index is -0.112. The smallest absolute Gasteiger partial charge is 0.191 e. The molecule has 0 bridgehead atoms. The van der Waals surface area contributed by atoms with Crippen LogP contribution in [0, 0.1) is 0 Å². The molecule has 100 valence electrons. The second-order valence-electron chi connectivity index (χ2n) is 4.37. The van der Waals surface area contributed by atoms with E-state index in [0.29, 0.717) is 28.3 Å². The Morgan fingerprint density at radius 2 is 2.15 bits per heavy atom. The van der Waals surface area contributed by atoms with Crippen molar-refractivity contribution < 1.29 is 0 Å². The van der Waals surface area contributed by atoms with Gasteiger partial charge in [-0.2, -0.15) is 5.10 Å². The lowest BCUT2D eigenvalue weighted by Crippen LogP contribution is -2.04. The molecular formula is C14H13N5O. The molecule has 3 rings (SSSR count). The zero-order valence-corrected chi connectivity index (χ0v) is 10.9. The van der Waals surface area contributed by atoms with E-state index in [1.165, 1.54) is 6.07 Å². The molecule has 6 nitrogen and oxygen atoms in total. The standard InChI is InChI=1S/C14H13N5O/c1-19-14(15)12(10-4-2-3-6-17-10)13(18-19)9-8-16-7-5-11(9)20/h2-8H,15H2,1H3,(H,16,20). The SMILES string of the molecule is Cn1nc(-c2c[nH]ccc2=O)c(-c2ccccn2)c1N. The van der Waals surface area contributed by atoms with Crippen LogP contribution in [0.15, 0.2) is 47.7 Å². The number of nitrogen functional groups attached to an aromatic ring is 1. The summed E-state index contributed by atoms with van der Waals surface area (Å²) in [4.78, 5) is 19.2. The van der Waals surface area contributed by atoms with Crippen molar-refractivity contribution in [3.05, 3.63) is 53.1 Å². The fourth-order valence-electron chi connectivity index (χ4n) is 2.09. The molecule has 3 aromatic rings. The maximum atomic E-state index is 12.0. The first kappa shape index (κ1) is 12.2. The summed E-state index contributed by atoms with van der Waals surface area (Å²) in [7, 11) is 1.74. The van der Waals surface area contributed by atoms with Crippen LogP contribution in [-0.4, -0.2) is 19.7 Å². The maximum Gasteiger partial charge on any atom is 0.191 e. The minimum Gasteiger partial charge on any atom is -0.383 e. The number of rotatable bonds is 2. The lowest BCUT2D eigenvalue weighted by Gasteiger charge is -2.02. The van der Waals surface area contributed by atoms with Crippen molar-refractivity contribution >= 4 is 5.82 Å². The van der Waals surface area contributed by atoms with E-state index in [1.807, 2.05) is 18.2 Å². The predicted molar refractivity (Wildman–Crippen MR) is 76.9 cm³/mol. The third-order valence-electron chi connectivity index (χ3n) is 3.09. The van der Waals surface area contributed by atoms with Crippen LogP contribution in [0.2, 0.25) is 0 Å². The minimum absolute atomic E-state index is 0.112. The fraction of sp³-hybridized carbons (Fsp3) is 0.0714. The molecule has 0 aromatic carbocycles. The van der Waals surface area contributed by atoms with Crippen molar-refractivity contribution in [1.29, 1.82) is 0 Å². The molecule has 0 fully saturated rings. The molecule has 0 atom stereocenters. The average molecular weight is 267 g/mol. The highest BCUT2D eigenvalue weighted by molar-refractivity contribution is 5.86. The van der Waals surface area contributed by atoms with Gasteiger partial charge in [0, 0.05) is 31.7 Å². The molecule has 3 aromatic heterocycles. The van der Waals surface area contributed by atoms with E-state index >= 15 is 0 Å². The predicted octanol–water partition coefficient (Wildman–Crippen LogP) is 1.42. The summed E-state index contributed by atoms with van der Waals surface area (Å²) in [6, 6.07) is 7.00. The Kier molecular flexibility index (Phi) is 2.83. The van der Waals surface area contributed by atoms with Gasteiger partial charge in [-0.3, -0.25) is 14.5 Å². The number of H-pyrrole nitrogens is 1. The summed E-state index contributed by atoms with van der Waals surface area (Å²) < 4.78 is 1.55. The number of aryl methyl sites for hydroxylation is 1. The Bertz CT molecular complexity index is 804. The highest BCUT2D eigenvalue weighted by Gasteiger charge is 2.19. The molecule has 0 unspecified atom stereocenters. The Morgan fingerprint density at radius 3 is 2.85 bits per heavy atom. The van der Waals surface area contributed by atoms with E-state index in [-0.39, 0.29) is 5.43 Å². The van der Waals surface area contributed by atoms with Crippen LogP contribution >= 0.6 is 0 Å². The highest BCUT2D eigenvalue weighted by Crippen LogP contribution is 2.32. The zero-order chi connectivity index (χ0) is 14.1. The molecule has 0 saturated carbocycles. The molecule has 0 saturated heterocycles. The number of nitrogens with two attached hydrogens (primary N) is 1. The number of anilines is 1. The molecule has 0 amide bonds. The number of aromatic amines is 1. The molecule has 3 heterocycles. The molecule has 0 radical (unpaired) electrons. The van der Waals surface area contributed by atoms with Crippen LogP contribution < -0.4 is 11.2 Å². The molecule has 0 aliphatic rings. The highest BCUT2D eigenvalue weighted by atomic mass is 16.1. The first-order valence-corrected chi connectivity index (χ1v) is 6.10. The van der Waals surface area contributed by atoms with Gasteiger partial charge < -0.3 is 10.7 Å². The van der Waals surface area contributed by atoms with Crippen molar-refractivity contribution in [3.63, 3.8) is 0 Å². The van der Waals surface area contributed by atoms with E-state index in [2.05, 4.69) is 15.1 Å². The molecule has 6 heteroatoms. The van der Waals surface area contributed by atoms with Gasteiger partial charge in [0.05, 0.1) is 16.8 Å². The van der Waals surface area contributed by atoms with Gasteiger partial charge in [0.25, 0.3) is 0 Å². The normalized spacial score (nSPS) is 10.7. The Hall–Kier alpha value is -2.89. The van der Waals surface area contributed by atoms with Crippen molar-refractivity contribution in [2.24, 2.45) is 7.05 Å². The number of nitrogens with one attached hydrogen (secondary N) is 1. The topological polar surface area (TPSA) is 89.6 Å². The van der Waals surface area contributed by atoms with Crippen molar-refractivity contribution in [3.8, 4) is 22.5 Å². The number of pyridine rings is 2. The van der Waals surface area contributed by atoms with Crippen LogP contribution in [0.5, 0.6) is 0 Å². The average Bonchev–Trinajstić information content (AvgIpc) is 2.76. The van der Waals surface area contributed by atoms with Gasteiger partial charge in [-0.25, -0.2) is 0 Å². The van der Waals surface area contributed by atoms with Gasteiger partial charge in [0.15, 0.2) is 5.43 Å².